The van der Waals surface area contributed by atoms with Crippen molar-refractivity contribution in [1.82, 2.24) is 0 Å². The number of nitrogens with two attached hydrogens (primary N) is 1. The van der Waals surface area contributed by atoms with Gasteiger partial charge in [0.2, 0.25) is 0 Å². The molecule has 1 aromatic carbocycles. The Bertz CT molecular complexity index is 314. The maximum absolute atomic E-state index is 6.10. The first-order valence-corrected chi connectivity index (χ1v) is 5.08. The molecule has 1 saturated carbocycles. The Morgan fingerprint density at radius 3 is 2.29 bits per heavy atom. The molecule has 2 nitrogen and oxygen atoms in total. The number of benzene rings is 1. The number of hydrogen-bond acceptors (Lipinski definition) is 2. The van der Waals surface area contributed by atoms with E-state index in [1.165, 1.54) is 11.1 Å². The predicted octanol–water partition coefficient (Wildman–Crippen LogP) is 2.34. The van der Waals surface area contributed by atoms with E-state index >= 15 is 0 Å². The van der Waals surface area contributed by atoms with Gasteiger partial charge in [-0.05, 0) is 30.9 Å². The summed E-state index contributed by atoms with van der Waals surface area (Å²) in [4.78, 5) is 0. The van der Waals surface area contributed by atoms with E-state index in [0.717, 1.165) is 12.8 Å². The lowest BCUT2D eigenvalue weighted by molar-refractivity contribution is 0.119. The summed E-state index contributed by atoms with van der Waals surface area (Å²) in [6.45, 7) is 2.05. The molecule has 2 heteroatoms. The maximum Gasteiger partial charge on any atom is 0.0793 e. The lowest BCUT2D eigenvalue weighted by Crippen LogP contribution is -2.18. The molecule has 0 aliphatic heterocycles. The molecule has 0 amide bonds. The predicted molar refractivity (Wildman–Crippen MR) is 57.0 cm³/mol. The summed E-state index contributed by atoms with van der Waals surface area (Å²) in [6.07, 6.45) is 2.40. The van der Waals surface area contributed by atoms with Crippen LogP contribution >= 0.6 is 0 Å². The molecule has 2 N–H and O–H groups in total. The highest BCUT2D eigenvalue weighted by molar-refractivity contribution is 5.32. The van der Waals surface area contributed by atoms with Crippen LogP contribution in [0, 0.1) is 0 Å². The molecule has 0 spiro atoms. The molecule has 0 saturated heterocycles. The van der Waals surface area contributed by atoms with Crippen molar-refractivity contribution in [2.45, 2.75) is 31.4 Å². The quantitative estimate of drug-likeness (QED) is 0.796. The third-order valence-electron chi connectivity index (χ3n) is 3.10. The first-order chi connectivity index (χ1) is 6.65. The van der Waals surface area contributed by atoms with Gasteiger partial charge in [-0.2, -0.15) is 0 Å². The summed E-state index contributed by atoms with van der Waals surface area (Å²) >= 11 is 0. The third kappa shape index (κ3) is 1.68. The van der Waals surface area contributed by atoms with E-state index in [2.05, 4.69) is 24.3 Å². The van der Waals surface area contributed by atoms with Crippen molar-refractivity contribution >= 4 is 0 Å². The lowest BCUT2D eigenvalue weighted by Gasteiger charge is -2.13. The Hall–Kier alpha value is -0.860. The van der Waals surface area contributed by atoms with E-state index in [-0.39, 0.29) is 11.6 Å². The topological polar surface area (TPSA) is 35.2 Å². The van der Waals surface area contributed by atoms with Gasteiger partial charge in [0.05, 0.1) is 6.10 Å². The average molecular weight is 191 g/mol. The zero-order chi connectivity index (χ0) is 10.2. The fourth-order valence-electron chi connectivity index (χ4n) is 1.65. The van der Waals surface area contributed by atoms with E-state index in [0.29, 0.717) is 0 Å². The van der Waals surface area contributed by atoms with Gasteiger partial charge < -0.3 is 10.5 Å². The van der Waals surface area contributed by atoms with Gasteiger partial charge in [0.25, 0.3) is 0 Å². The van der Waals surface area contributed by atoms with Crippen molar-refractivity contribution in [3.63, 3.8) is 0 Å². The van der Waals surface area contributed by atoms with Crippen LogP contribution in [0.15, 0.2) is 24.3 Å². The van der Waals surface area contributed by atoms with Crippen molar-refractivity contribution in [3.8, 4) is 0 Å². The van der Waals surface area contributed by atoms with Crippen LogP contribution in [0.4, 0.5) is 0 Å². The van der Waals surface area contributed by atoms with Crippen molar-refractivity contribution in [2.24, 2.45) is 5.73 Å². The van der Waals surface area contributed by atoms with Crippen LogP contribution in [0.25, 0.3) is 0 Å². The van der Waals surface area contributed by atoms with Crippen LogP contribution in [-0.2, 0) is 10.3 Å². The Kier molecular flexibility index (Phi) is 2.33. The molecular formula is C12H17NO. The summed E-state index contributed by atoms with van der Waals surface area (Å²) in [5, 5.41) is 0. The summed E-state index contributed by atoms with van der Waals surface area (Å²) in [5.41, 5.74) is 8.54. The Morgan fingerprint density at radius 1 is 1.29 bits per heavy atom. The summed E-state index contributed by atoms with van der Waals surface area (Å²) in [6, 6.07) is 8.46. The number of methoxy groups -OCH3 is 1. The Morgan fingerprint density at radius 2 is 1.86 bits per heavy atom. The molecule has 14 heavy (non-hydrogen) atoms. The molecule has 0 aromatic heterocycles. The van der Waals surface area contributed by atoms with Crippen LogP contribution in [-0.4, -0.2) is 7.11 Å². The van der Waals surface area contributed by atoms with Gasteiger partial charge in [-0.1, -0.05) is 24.3 Å². The molecular weight excluding hydrogens is 174 g/mol. The molecule has 1 unspecified atom stereocenters. The van der Waals surface area contributed by atoms with Gasteiger partial charge in [0.1, 0.15) is 0 Å². The SMILES string of the molecule is COC(C)c1ccc(C2(N)CC2)cc1. The molecule has 1 fully saturated rings. The first-order valence-electron chi connectivity index (χ1n) is 5.08. The van der Waals surface area contributed by atoms with Gasteiger partial charge >= 0.3 is 0 Å². The summed E-state index contributed by atoms with van der Waals surface area (Å²) < 4.78 is 5.25. The van der Waals surface area contributed by atoms with Gasteiger partial charge in [0, 0.05) is 12.6 Å². The number of hydrogen-bond donors (Lipinski definition) is 1. The van der Waals surface area contributed by atoms with Crippen molar-refractivity contribution < 1.29 is 4.74 Å². The second-order valence-electron chi connectivity index (χ2n) is 4.16. The zero-order valence-corrected chi connectivity index (χ0v) is 8.79. The number of rotatable bonds is 3. The minimum Gasteiger partial charge on any atom is -0.377 e. The minimum atomic E-state index is -0.0190. The summed E-state index contributed by atoms with van der Waals surface area (Å²) in [5.74, 6) is 0. The van der Waals surface area contributed by atoms with E-state index in [9.17, 15) is 0 Å². The molecule has 1 aliphatic carbocycles. The fourth-order valence-corrected chi connectivity index (χ4v) is 1.65. The van der Waals surface area contributed by atoms with Crippen LogP contribution in [0.1, 0.15) is 37.0 Å². The van der Waals surface area contributed by atoms with Crippen LogP contribution in [0.3, 0.4) is 0 Å². The summed E-state index contributed by atoms with van der Waals surface area (Å²) in [7, 11) is 1.73. The molecule has 1 atom stereocenters. The monoisotopic (exact) mass is 191 g/mol. The largest absolute Gasteiger partial charge is 0.377 e. The molecule has 1 aromatic rings. The van der Waals surface area contributed by atoms with Crippen molar-refractivity contribution in [1.29, 1.82) is 0 Å². The van der Waals surface area contributed by atoms with Gasteiger partial charge in [-0.25, -0.2) is 0 Å². The Labute approximate surface area is 85.1 Å². The highest BCUT2D eigenvalue weighted by Gasteiger charge is 2.39. The van der Waals surface area contributed by atoms with E-state index < -0.39 is 0 Å². The van der Waals surface area contributed by atoms with Crippen LogP contribution < -0.4 is 5.73 Å². The second kappa shape index (κ2) is 3.37. The second-order valence-corrected chi connectivity index (χ2v) is 4.16. The Balaban J connectivity index is 2.18. The van der Waals surface area contributed by atoms with Crippen molar-refractivity contribution in [3.05, 3.63) is 35.4 Å². The van der Waals surface area contributed by atoms with E-state index in [1.54, 1.807) is 7.11 Å². The molecule has 0 bridgehead atoms. The minimum absolute atomic E-state index is 0.0190. The third-order valence-corrected chi connectivity index (χ3v) is 3.10. The van der Waals surface area contributed by atoms with E-state index in [4.69, 9.17) is 10.5 Å². The highest BCUT2D eigenvalue weighted by Crippen LogP contribution is 2.42. The average Bonchev–Trinajstić information content (AvgIpc) is 2.97. The van der Waals surface area contributed by atoms with Crippen molar-refractivity contribution in [2.75, 3.05) is 7.11 Å². The maximum atomic E-state index is 6.10. The van der Waals surface area contributed by atoms with Crippen LogP contribution in [0.5, 0.6) is 0 Å². The molecule has 2 rings (SSSR count). The van der Waals surface area contributed by atoms with Crippen LogP contribution in [0.2, 0.25) is 0 Å². The number of ether oxygens (including phenoxy) is 1. The molecule has 0 heterocycles. The molecule has 0 radical (unpaired) electrons. The zero-order valence-electron chi connectivity index (χ0n) is 8.79. The fraction of sp³-hybridized carbons (Fsp3) is 0.500. The molecule has 76 valence electrons. The van der Waals surface area contributed by atoms with Gasteiger partial charge in [-0.15, -0.1) is 0 Å². The standard InChI is InChI=1S/C12H17NO/c1-9(14-2)10-3-5-11(6-4-10)12(13)7-8-12/h3-6,9H,7-8,13H2,1-2H3. The molecule has 1 aliphatic rings. The smallest absolute Gasteiger partial charge is 0.0793 e. The first kappa shape index (κ1) is 9.69. The van der Waals surface area contributed by atoms with Gasteiger partial charge in [-0.3, -0.25) is 0 Å². The lowest BCUT2D eigenvalue weighted by atomic mass is 10.0. The van der Waals surface area contributed by atoms with E-state index in [1.807, 2.05) is 6.92 Å². The normalized spacial score (nSPS) is 20.5. The highest BCUT2D eigenvalue weighted by atomic mass is 16.5. The van der Waals surface area contributed by atoms with Gasteiger partial charge in [0.15, 0.2) is 0 Å².